The molecule has 0 aliphatic rings. The molecule has 0 aromatic heterocycles. The number of carbonyl (C=O) groups excluding carboxylic acids is 1. The lowest BCUT2D eigenvalue weighted by Crippen LogP contribution is -2.02. The molecule has 0 aliphatic carbocycles. The van der Waals surface area contributed by atoms with Gasteiger partial charge in [-0.15, -0.1) is 23.5 Å². The van der Waals surface area contributed by atoms with E-state index in [-0.39, 0.29) is 5.97 Å². The molecule has 4 aromatic rings. The summed E-state index contributed by atoms with van der Waals surface area (Å²) < 4.78 is 5.22. The highest BCUT2D eigenvalue weighted by molar-refractivity contribution is 7.98. The van der Waals surface area contributed by atoms with Gasteiger partial charge in [0.25, 0.3) is 0 Å². The third kappa shape index (κ3) is 7.64. The SMILES string of the molecule is CCOC(=O)C=C(c1ccc(CSc2ccccc2)cc1)c1ccc(CSc2ccccc2)cc1. The van der Waals surface area contributed by atoms with Gasteiger partial charge in [-0.2, -0.15) is 0 Å². The molecule has 0 radical (unpaired) electrons. The molecule has 176 valence electrons. The maximum Gasteiger partial charge on any atom is 0.331 e. The minimum absolute atomic E-state index is 0.324. The van der Waals surface area contributed by atoms with Crippen molar-refractivity contribution in [1.29, 1.82) is 0 Å². The van der Waals surface area contributed by atoms with Crippen molar-refractivity contribution in [1.82, 2.24) is 0 Å². The highest BCUT2D eigenvalue weighted by atomic mass is 32.2. The fraction of sp³-hybridized carbons (Fsp3) is 0.129. The van der Waals surface area contributed by atoms with E-state index in [2.05, 4.69) is 97.1 Å². The van der Waals surface area contributed by atoms with Gasteiger partial charge in [0.1, 0.15) is 0 Å². The van der Waals surface area contributed by atoms with Crippen molar-refractivity contribution in [3.8, 4) is 0 Å². The van der Waals surface area contributed by atoms with E-state index in [1.54, 1.807) is 6.08 Å². The van der Waals surface area contributed by atoms with Gasteiger partial charge in [0.2, 0.25) is 0 Å². The smallest absolute Gasteiger partial charge is 0.331 e. The van der Waals surface area contributed by atoms with Crippen LogP contribution in [0.15, 0.2) is 125 Å². The van der Waals surface area contributed by atoms with Gasteiger partial charge in [-0.1, -0.05) is 84.9 Å². The first kappa shape index (κ1) is 24.9. The zero-order valence-corrected chi connectivity index (χ0v) is 21.4. The summed E-state index contributed by atoms with van der Waals surface area (Å²) in [6.45, 7) is 2.18. The van der Waals surface area contributed by atoms with Crippen molar-refractivity contribution < 1.29 is 9.53 Å². The topological polar surface area (TPSA) is 26.3 Å². The number of benzene rings is 4. The minimum atomic E-state index is -0.324. The van der Waals surface area contributed by atoms with Gasteiger partial charge in [-0.05, 0) is 59.0 Å². The van der Waals surface area contributed by atoms with E-state index >= 15 is 0 Å². The van der Waals surface area contributed by atoms with Crippen LogP contribution >= 0.6 is 23.5 Å². The van der Waals surface area contributed by atoms with E-state index in [1.165, 1.54) is 20.9 Å². The quantitative estimate of drug-likeness (QED) is 0.125. The molecule has 0 saturated heterocycles. The molecule has 2 nitrogen and oxygen atoms in total. The molecule has 0 atom stereocenters. The zero-order chi connectivity index (χ0) is 24.3. The lowest BCUT2D eigenvalue weighted by atomic mass is 9.96. The van der Waals surface area contributed by atoms with Gasteiger partial charge in [-0.25, -0.2) is 4.79 Å². The normalized spacial score (nSPS) is 10.5. The summed E-state index contributed by atoms with van der Waals surface area (Å²) in [7, 11) is 0. The fourth-order valence-corrected chi connectivity index (χ4v) is 5.31. The first-order valence-electron chi connectivity index (χ1n) is 11.6. The molecule has 0 bridgehead atoms. The second kappa shape index (κ2) is 13.0. The molecule has 0 aliphatic heterocycles. The fourth-order valence-electron chi connectivity index (χ4n) is 3.56. The summed E-state index contributed by atoms with van der Waals surface area (Å²) in [5, 5.41) is 0. The van der Waals surface area contributed by atoms with Crippen LogP contribution in [-0.4, -0.2) is 12.6 Å². The second-order valence-electron chi connectivity index (χ2n) is 7.91. The predicted octanol–water partition coefficient (Wildman–Crippen LogP) is 8.27. The van der Waals surface area contributed by atoms with Crippen LogP contribution in [0.1, 0.15) is 29.2 Å². The zero-order valence-electron chi connectivity index (χ0n) is 19.7. The van der Waals surface area contributed by atoms with Crippen LogP contribution in [0, 0.1) is 0 Å². The maximum absolute atomic E-state index is 12.3. The monoisotopic (exact) mass is 496 g/mol. The third-order valence-corrected chi connectivity index (χ3v) is 7.54. The molecular formula is C31H28O2S2. The second-order valence-corrected chi connectivity index (χ2v) is 10.0. The van der Waals surface area contributed by atoms with Gasteiger partial charge < -0.3 is 4.74 Å². The summed E-state index contributed by atoms with van der Waals surface area (Å²) in [4.78, 5) is 14.9. The molecule has 35 heavy (non-hydrogen) atoms. The Morgan fingerprint density at radius 3 is 1.49 bits per heavy atom. The van der Waals surface area contributed by atoms with Crippen LogP contribution in [0.4, 0.5) is 0 Å². The average molecular weight is 497 g/mol. The molecule has 0 unspecified atom stereocenters. The molecule has 4 aromatic carbocycles. The molecular weight excluding hydrogens is 468 g/mol. The largest absolute Gasteiger partial charge is 0.463 e. The molecule has 0 N–H and O–H groups in total. The van der Waals surface area contributed by atoms with Gasteiger partial charge >= 0.3 is 5.97 Å². The predicted molar refractivity (Wildman–Crippen MR) is 149 cm³/mol. The highest BCUT2D eigenvalue weighted by Crippen LogP contribution is 2.28. The maximum atomic E-state index is 12.3. The molecule has 0 fully saturated rings. The van der Waals surface area contributed by atoms with Crippen molar-refractivity contribution in [3.05, 3.63) is 138 Å². The Balaban J connectivity index is 1.49. The van der Waals surface area contributed by atoms with E-state index in [4.69, 9.17) is 4.74 Å². The van der Waals surface area contributed by atoms with E-state index in [1.807, 2.05) is 42.6 Å². The number of hydrogen-bond acceptors (Lipinski definition) is 4. The third-order valence-electron chi connectivity index (χ3n) is 5.38. The molecule has 0 saturated carbocycles. The number of esters is 1. The van der Waals surface area contributed by atoms with Crippen LogP contribution in [0.3, 0.4) is 0 Å². The van der Waals surface area contributed by atoms with Crippen LogP contribution in [-0.2, 0) is 21.0 Å². The molecule has 4 heteroatoms. The summed E-state index contributed by atoms with van der Waals surface area (Å²) in [5.74, 6) is 1.47. The van der Waals surface area contributed by atoms with Gasteiger partial charge in [0.15, 0.2) is 0 Å². The minimum Gasteiger partial charge on any atom is -0.463 e. The summed E-state index contributed by atoms with van der Waals surface area (Å²) in [6.07, 6.45) is 1.60. The number of thioether (sulfide) groups is 2. The van der Waals surface area contributed by atoms with E-state index in [9.17, 15) is 4.79 Å². The first-order chi connectivity index (χ1) is 17.2. The Bertz CT molecular complexity index is 1140. The van der Waals surface area contributed by atoms with Crippen molar-refractivity contribution in [2.45, 2.75) is 28.2 Å². The molecule has 4 rings (SSSR count). The Hall–Kier alpha value is -3.21. The van der Waals surface area contributed by atoms with Crippen molar-refractivity contribution >= 4 is 35.1 Å². The van der Waals surface area contributed by atoms with E-state index in [0.717, 1.165) is 28.2 Å². The van der Waals surface area contributed by atoms with Gasteiger partial charge in [0.05, 0.1) is 6.61 Å². The summed E-state index contributed by atoms with van der Waals surface area (Å²) in [5.41, 5.74) is 5.35. The van der Waals surface area contributed by atoms with Crippen LogP contribution in [0.25, 0.3) is 5.57 Å². The Morgan fingerprint density at radius 2 is 1.09 bits per heavy atom. The lowest BCUT2D eigenvalue weighted by molar-refractivity contribution is -0.137. The van der Waals surface area contributed by atoms with Crippen molar-refractivity contribution in [3.63, 3.8) is 0 Å². The Labute approximate surface area is 216 Å². The standard InChI is InChI=1S/C31H28O2S2/c1-2-33-31(32)21-30(26-17-13-24(14-18-26)22-34-28-9-5-3-6-10-28)27-19-15-25(16-20-27)23-35-29-11-7-4-8-12-29/h3-21H,2,22-23H2,1H3. The number of rotatable bonds is 10. The lowest BCUT2D eigenvalue weighted by Gasteiger charge is -2.11. The Morgan fingerprint density at radius 1 is 0.657 bits per heavy atom. The van der Waals surface area contributed by atoms with Crippen LogP contribution < -0.4 is 0 Å². The van der Waals surface area contributed by atoms with E-state index in [0.29, 0.717) is 6.61 Å². The molecule has 0 heterocycles. The van der Waals surface area contributed by atoms with Crippen molar-refractivity contribution in [2.24, 2.45) is 0 Å². The van der Waals surface area contributed by atoms with Gasteiger partial charge in [-0.3, -0.25) is 0 Å². The van der Waals surface area contributed by atoms with Crippen LogP contribution in [0.5, 0.6) is 0 Å². The number of carbonyl (C=O) groups is 1. The molecule has 0 spiro atoms. The average Bonchev–Trinajstić information content (AvgIpc) is 2.91. The first-order valence-corrected chi connectivity index (χ1v) is 13.6. The molecule has 0 amide bonds. The number of hydrogen-bond donors (Lipinski definition) is 0. The number of ether oxygens (including phenoxy) is 1. The van der Waals surface area contributed by atoms with Gasteiger partial charge in [0, 0.05) is 27.4 Å². The summed E-state index contributed by atoms with van der Waals surface area (Å²) >= 11 is 3.63. The van der Waals surface area contributed by atoms with Crippen LogP contribution in [0.2, 0.25) is 0 Å². The Kier molecular flexibility index (Phi) is 9.27. The highest BCUT2D eigenvalue weighted by Gasteiger charge is 2.10. The van der Waals surface area contributed by atoms with Crippen molar-refractivity contribution in [2.75, 3.05) is 6.61 Å². The summed E-state index contributed by atoms with van der Waals surface area (Å²) in [6, 6.07) is 37.7. The van der Waals surface area contributed by atoms with E-state index < -0.39 is 0 Å².